The first-order valence-corrected chi connectivity index (χ1v) is 6.87. The number of hydrogen-bond donors (Lipinski definition) is 2. The highest BCUT2D eigenvalue weighted by molar-refractivity contribution is 5.90. The van der Waals surface area contributed by atoms with Crippen LogP contribution in [0.25, 0.3) is 17.1 Å². The minimum atomic E-state index is -0.546. The fourth-order valence-corrected chi connectivity index (χ4v) is 2.30. The van der Waals surface area contributed by atoms with Gasteiger partial charge < -0.3 is 4.57 Å². The average Bonchev–Trinajstić information content (AvgIpc) is 2.97. The van der Waals surface area contributed by atoms with E-state index in [1.807, 2.05) is 48.7 Å². The molecule has 110 valence electrons. The Bertz CT molecular complexity index is 819. The Morgan fingerprint density at radius 2 is 2.05 bits per heavy atom. The second-order valence-corrected chi connectivity index (χ2v) is 4.90. The SMILES string of the molecule is O=C(/C=C/c1ccc(Cn2ccc3ncccc32)cc1)NO. The van der Waals surface area contributed by atoms with Gasteiger partial charge in [-0.25, -0.2) is 5.48 Å². The predicted molar refractivity (Wildman–Crippen MR) is 84.2 cm³/mol. The second-order valence-electron chi connectivity index (χ2n) is 4.90. The van der Waals surface area contributed by atoms with Crippen molar-refractivity contribution in [3.05, 3.63) is 72.1 Å². The third kappa shape index (κ3) is 3.05. The van der Waals surface area contributed by atoms with E-state index in [2.05, 4.69) is 9.55 Å². The summed E-state index contributed by atoms with van der Waals surface area (Å²) in [6, 6.07) is 13.9. The Morgan fingerprint density at radius 1 is 1.23 bits per heavy atom. The summed E-state index contributed by atoms with van der Waals surface area (Å²) in [6.07, 6.45) is 6.73. The van der Waals surface area contributed by atoms with Gasteiger partial charge >= 0.3 is 0 Å². The van der Waals surface area contributed by atoms with Gasteiger partial charge in [0.2, 0.25) is 0 Å². The van der Waals surface area contributed by atoms with Gasteiger partial charge in [-0.15, -0.1) is 0 Å². The molecule has 0 aliphatic heterocycles. The monoisotopic (exact) mass is 293 g/mol. The quantitative estimate of drug-likeness (QED) is 0.441. The van der Waals surface area contributed by atoms with E-state index in [1.165, 1.54) is 6.08 Å². The third-order valence-electron chi connectivity index (χ3n) is 3.41. The smallest absolute Gasteiger partial charge is 0.267 e. The molecule has 3 aromatic rings. The second kappa shape index (κ2) is 6.24. The molecule has 5 heteroatoms. The number of nitrogens with one attached hydrogen (secondary N) is 1. The standard InChI is InChI=1S/C17H15N3O2/c21-17(19-22)8-7-13-3-5-14(6-4-13)12-20-11-9-15-16(20)2-1-10-18-15/h1-11,22H,12H2,(H,19,21)/b8-7+. The number of fused-ring (bicyclic) bond motifs is 1. The molecule has 0 unspecified atom stereocenters. The van der Waals surface area contributed by atoms with Crippen molar-refractivity contribution in [2.24, 2.45) is 0 Å². The van der Waals surface area contributed by atoms with E-state index < -0.39 is 5.91 Å². The van der Waals surface area contributed by atoms with Crippen LogP contribution in [0.15, 0.2) is 60.9 Å². The number of nitrogens with zero attached hydrogens (tertiary/aromatic N) is 2. The number of amides is 1. The van der Waals surface area contributed by atoms with Crippen LogP contribution in [0.3, 0.4) is 0 Å². The summed E-state index contributed by atoms with van der Waals surface area (Å²) in [5, 5.41) is 8.43. The van der Waals surface area contributed by atoms with Gasteiger partial charge in [-0.05, 0) is 35.4 Å². The van der Waals surface area contributed by atoms with Gasteiger partial charge in [0.1, 0.15) is 0 Å². The number of aromatic nitrogens is 2. The maximum absolute atomic E-state index is 10.9. The molecular weight excluding hydrogens is 278 g/mol. The summed E-state index contributed by atoms with van der Waals surface area (Å²) in [5.74, 6) is -0.546. The van der Waals surface area contributed by atoms with Gasteiger partial charge in [0.15, 0.2) is 0 Å². The molecule has 0 bridgehead atoms. The molecule has 0 saturated carbocycles. The zero-order valence-corrected chi connectivity index (χ0v) is 11.8. The Labute approximate surface area is 127 Å². The zero-order valence-electron chi connectivity index (χ0n) is 11.8. The van der Waals surface area contributed by atoms with Crippen molar-refractivity contribution in [3.8, 4) is 0 Å². The normalized spacial score (nSPS) is 11.1. The highest BCUT2D eigenvalue weighted by Crippen LogP contribution is 2.15. The highest BCUT2D eigenvalue weighted by Gasteiger charge is 2.02. The van der Waals surface area contributed by atoms with E-state index in [0.29, 0.717) is 0 Å². The Hall–Kier alpha value is -2.92. The fraction of sp³-hybridized carbons (Fsp3) is 0.0588. The van der Waals surface area contributed by atoms with Crippen LogP contribution < -0.4 is 5.48 Å². The van der Waals surface area contributed by atoms with Crippen LogP contribution in [0, 0.1) is 0 Å². The third-order valence-corrected chi connectivity index (χ3v) is 3.41. The van der Waals surface area contributed by atoms with Crippen molar-refractivity contribution >= 4 is 23.0 Å². The molecule has 0 saturated heterocycles. The van der Waals surface area contributed by atoms with Gasteiger partial charge in [0.05, 0.1) is 11.0 Å². The highest BCUT2D eigenvalue weighted by atomic mass is 16.5. The summed E-state index contributed by atoms with van der Waals surface area (Å²) in [7, 11) is 0. The molecule has 0 radical (unpaired) electrons. The number of rotatable bonds is 4. The van der Waals surface area contributed by atoms with Crippen molar-refractivity contribution in [1.82, 2.24) is 15.0 Å². The molecule has 0 aliphatic rings. The molecule has 0 aliphatic carbocycles. The number of pyridine rings is 1. The van der Waals surface area contributed by atoms with E-state index in [1.54, 1.807) is 17.8 Å². The van der Waals surface area contributed by atoms with Crippen molar-refractivity contribution in [1.29, 1.82) is 0 Å². The Morgan fingerprint density at radius 3 is 2.82 bits per heavy atom. The molecule has 5 nitrogen and oxygen atoms in total. The molecule has 0 atom stereocenters. The summed E-state index contributed by atoms with van der Waals surface area (Å²) in [5.41, 5.74) is 5.70. The van der Waals surface area contributed by atoms with Crippen molar-refractivity contribution in [2.75, 3.05) is 0 Å². The maximum atomic E-state index is 10.9. The molecule has 22 heavy (non-hydrogen) atoms. The lowest BCUT2D eigenvalue weighted by molar-refractivity contribution is -0.124. The fourth-order valence-electron chi connectivity index (χ4n) is 2.30. The average molecular weight is 293 g/mol. The molecule has 1 aromatic carbocycles. The van der Waals surface area contributed by atoms with E-state index in [4.69, 9.17) is 5.21 Å². The molecule has 0 spiro atoms. The topological polar surface area (TPSA) is 67.2 Å². The molecule has 2 heterocycles. The number of hydrogen-bond acceptors (Lipinski definition) is 3. The van der Waals surface area contributed by atoms with Crippen LogP contribution in [0.4, 0.5) is 0 Å². The number of benzene rings is 1. The van der Waals surface area contributed by atoms with Crippen LogP contribution in [-0.2, 0) is 11.3 Å². The van der Waals surface area contributed by atoms with E-state index in [9.17, 15) is 4.79 Å². The lowest BCUT2D eigenvalue weighted by Gasteiger charge is -2.06. The van der Waals surface area contributed by atoms with Gasteiger partial charge in [-0.3, -0.25) is 15.0 Å². The van der Waals surface area contributed by atoms with Crippen LogP contribution in [0.5, 0.6) is 0 Å². The Balaban J connectivity index is 1.76. The summed E-state index contributed by atoms with van der Waals surface area (Å²) < 4.78 is 2.15. The first-order chi connectivity index (χ1) is 10.8. The molecular formula is C17H15N3O2. The molecule has 3 rings (SSSR count). The van der Waals surface area contributed by atoms with Crippen LogP contribution in [-0.4, -0.2) is 20.7 Å². The number of carbonyl (C=O) groups excluding carboxylic acids is 1. The van der Waals surface area contributed by atoms with E-state index >= 15 is 0 Å². The van der Waals surface area contributed by atoms with Crippen LogP contribution in [0.1, 0.15) is 11.1 Å². The van der Waals surface area contributed by atoms with Crippen LogP contribution in [0.2, 0.25) is 0 Å². The summed E-state index contributed by atoms with van der Waals surface area (Å²) in [6.45, 7) is 0.760. The zero-order chi connectivity index (χ0) is 15.4. The molecule has 2 aromatic heterocycles. The van der Waals surface area contributed by atoms with Gasteiger partial charge in [0.25, 0.3) is 5.91 Å². The maximum Gasteiger partial charge on any atom is 0.267 e. The summed E-state index contributed by atoms with van der Waals surface area (Å²) >= 11 is 0. The van der Waals surface area contributed by atoms with Gasteiger partial charge in [0, 0.05) is 25.0 Å². The van der Waals surface area contributed by atoms with Crippen LogP contribution >= 0.6 is 0 Å². The van der Waals surface area contributed by atoms with E-state index in [0.717, 1.165) is 28.7 Å². The van der Waals surface area contributed by atoms with E-state index in [-0.39, 0.29) is 0 Å². The van der Waals surface area contributed by atoms with Gasteiger partial charge in [-0.1, -0.05) is 24.3 Å². The summed E-state index contributed by atoms with van der Waals surface area (Å²) in [4.78, 5) is 15.2. The molecule has 1 amide bonds. The lowest BCUT2D eigenvalue weighted by Crippen LogP contribution is -2.14. The molecule has 2 N–H and O–H groups in total. The first-order valence-electron chi connectivity index (χ1n) is 6.87. The first kappa shape index (κ1) is 14.0. The molecule has 0 fully saturated rings. The largest absolute Gasteiger partial charge is 0.342 e. The van der Waals surface area contributed by atoms with Crippen molar-refractivity contribution in [2.45, 2.75) is 6.54 Å². The predicted octanol–water partition coefficient (Wildman–Crippen LogP) is 2.60. The lowest BCUT2D eigenvalue weighted by atomic mass is 10.1. The van der Waals surface area contributed by atoms with Crippen molar-refractivity contribution in [3.63, 3.8) is 0 Å². The Kier molecular flexibility index (Phi) is 3.98. The number of carbonyl (C=O) groups is 1. The van der Waals surface area contributed by atoms with Crippen molar-refractivity contribution < 1.29 is 10.0 Å². The minimum Gasteiger partial charge on any atom is -0.342 e. The van der Waals surface area contributed by atoms with Gasteiger partial charge in [-0.2, -0.15) is 0 Å². The minimum absolute atomic E-state index is 0.546. The number of hydroxylamine groups is 1.